The molecule has 0 aliphatic carbocycles. The molecule has 1 unspecified atom stereocenters. The summed E-state index contributed by atoms with van der Waals surface area (Å²) in [5, 5.41) is 3.15. The second-order valence-corrected chi connectivity index (χ2v) is 5.56. The number of methoxy groups -OCH3 is 1. The molecule has 5 heteroatoms. The van der Waals surface area contributed by atoms with E-state index in [4.69, 9.17) is 4.74 Å². The first kappa shape index (κ1) is 14.3. The molecule has 1 aliphatic heterocycles. The highest BCUT2D eigenvalue weighted by Crippen LogP contribution is 2.27. The summed E-state index contributed by atoms with van der Waals surface area (Å²) in [6.07, 6.45) is 2.15. The minimum atomic E-state index is 0.0982. The van der Waals surface area contributed by atoms with Gasteiger partial charge in [0.2, 0.25) is 0 Å². The van der Waals surface area contributed by atoms with Crippen molar-refractivity contribution >= 4 is 21.8 Å². The molecule has 0 spiro atoms. The van der Waals surface area contributed by atoms with E-state index >= 15 is 0 Å². The van der Waals surface area contributed by atoms with Gasteiger partial charge in [-0.3, -0.25) is 4.79 Å². The van der Waals surface area contributed by atoms with Crippen LogP contribution in [0.3, 0.4) is 0 Å². The minimum absolute atomic E-state index is 0.0982. The molecule has 1 aromatic carbocycles. The predicted molar refractivity (Wildman–Crippen MR) is 78.7 cm³/mol. The van der Waals surface area contributed by atoms with Crippen LogP contribution in [0.2, 0.25) is 0 Å². The number of hydrogen-bond acceptors (Lipinski definition) is 3. The Morgan fingerprint density at radius 2 is 2.37 bits per heavy atom. The number of amides is 1. The molecule has 1 saturated heterocycles. The third-order valence-corrected chi connectivity index (χ3v) is 4.10. The van der Waals surface area contributed by atoms with E-state index in [1.165, 1.54) is 0 Å². The van der Waals surface area contributed by atoms with E-state index in [0.717, 1.165) is 36.2 Å². The molecule has 1 heterocycles. The normalized spacial score (nSPS) is 18.7. The lowest BCUT2D eigenvalue weighted by Gasteiger charge is -2.24. The lowest BCUT2D eigenvalue weighted by atomic mass is 10.1. The highest BCUT2D eigenvalue weighted by atomic mass is 79.9. The molecule has 104 valence electrons. The van der Waals surface area contributed by atoms with E-state index in [2.05, 4.69) is 21.2 Å². The first-order valence-corrected chi connectivity index (χ1v) is 7.25. The van der Waals surface area contributed by atoms with Gasteiger partial charge in [-0.25, -0.2) is 0 Å². The quantitative estimate of drug-likeness (QED) is 0.923. The van der Waals surface area contributed by atoms with Gasteiger partial charge in [0, 0.05) is 24.7 Å². The molecule has 0 saturated carbocycles. The summed E-state index contributed by atoms with van der Waals surface area (Å²) in [6.45, 7) is 1.69. The van der Waals surface area contributed by atoms with E-state index in [1.54, 1.807) is 7.11 Å². The van der Waals surface area contributed by atoms with Gasteiger partial charge in [0.15, 0.2) is 0 Å². The molecule has 1 aromatic rings. The van der Waals surface area contributed by atoms with Crippen molar-refractivity contribution in [3.63, 3.8) is 0 Å². The number of likely N-dealkylation sites (N-methyl/N-ethyl adjacent to an activating group) is 1. The number of ether oxygens (including phenoxy) is 1. The van der Waals surface area contributed by atoms with E-state index in [-0.39, 0.29) is 5.91 Å². The summed E-state index contributed by atoms with van der Waals surface area (Å²) in [5.41, 5.74) is 0.704. The van der Waals surface area contributed by atoms with Gasteiger partial charge < -0.3 is 15.0 Å². The number of benzene rings is 1. The molecule has 1 amide bonds. The molecule has 0 aromatic heterocycles. The summed E-state index contributed by atoms with van der Waals surface area (Å²) in [5.74, 6) is 0.839. The average molecular weight is 327 g/mol. The Bertz CT molecular complexity index is 465. The predicted octanol–water partition coefficient (Wildman–Crippen LogP) is 2.28. The topological polar surface area (TPSA) is 41.6 Å². The second kappa shape index (κ2) is 6.39. The van der Waals surface area contributed by atoms with Crippen LogP contribution in [-0.2, 0) is 0 Å². The molecule has 1 atom stereocenters. The van der Waals surface area contributed by atoms with Crippen LogP contribution in [0.5, 0.6) is 5.75 Å². The summed E-state index contributed by atoms with van der Waals surface area (Å²) in [4.78, 5) is 14.5. The summed E-state index contributed by atoms with van der Waals surface area (Å²) in [6, 6.07) is 5.77. The van der Waals surface area contributed by atoms with Crippen molar-refractivity contribution in [3.8, 4) is 5.75 Å². The molecule has 0 radical (unpaired) electrons. The first-order chi connectivity index (χ1) is 9.17. The molecule has 1 N–H and O–H groups in total. The smallest absolute Gasteiger partial charge is 0.254 e. The fourth-order valence-corrected chi connectivity index (χ4v) is 3.06. The highest BCUT2D eigenvalue weighted by molar-refractivity contribution is 9.10. The summed E-state index contributed by atoms with van der Waals surface area (Å²) < 4.78 is 5.99. The van der Waals surface area contributed by atoms with E-state index in [1.807, 2.05) is 30.1 Å². The van der Waals surface area contributed by atoms with E-state index in [9.17, 15) is 4.79 Å². The molecular formula is C14H19BrN2O2. The Hall–Kier alpha value is -1.07. The van der Waals surface area contributed by atoms with Gasteiger partial charge in [-0.2, -0.15) is 0 Å². The maximum Gasteiger partial charge on any atom is 0.254 e. The van der Waals surface area contributed by atoms with Crippen molar-refractivity contribution in [1.82, 2.24) is 10.2 Å². The SMILES string of the molecule is CNCC1CCCN1C(=O)c1ccc(OC)c(Br)c1. The summed E-state index contributed by atoms with van der Waals surface area (Å²) in [7, 11) is 3.54. The van der Waals surface area contributed by atoms with Gasteiger partial charge in [0.1, 0.15) is 5.75 Å². The number of halogens is 1. The summed E-state index contributed by atoms with van der Waals surface area (Å²) >= 11 is 3.42. The zero-order chi connectivity index (χ0) is 13.8. The van der Waals surface area contributed by atoms with Crippen LogP contribution in [0.15, 0.2) is 22.7 Å². The Labute approximate surface area is 122 Å². The molecular weight excluding hydrogens is 308 g/mol. The zero-order valence-corrected chi connectivity index (χ0v) is 12.9. The van der Waals surface area contributed by atoms with Crippen LogP contribution in [-0.4, -0.2) is 44.1 Å². The lowest BCUT2D eigenvalue weighted by molar-refractivity contribution is 0.0737. The highest BCUT2D eigenvalue weighted by Gasteiger charge is 2.28. The number of nitrogens with zero attached hydrogens (tertiary/aromatic N) is 1. The van der Waals surface area contributed by atoms with E-state index in [0.29, 0.717) is 11.6 Å². The largest absolute Gasteiger partial charge is 0.496 e. The molecule has 19 heavy (non-hydrogen) atoms. The fraction of sp³-hybridized carbons (Fsp3) is 0.500. The molecule has 1 fully saturated rings. The van der Waals surface area contributed by atoms with Crippen LogP contribution < -0.4 is 10.1 Å². The molecule has 2 rings (SSSR count). The van der Waals surface area contributed by atoms with Crippen molar-refractivity contribution in [2.75, 3.05) is 27.2 Å². The number of rotatable bonds is 4. The lowest BCUT2D eigenvalue weighted by Crippen LogP contribution is -2.40. The Morgan fingerprint density at radius 3 is 3.00 bits per heavy atom. The number of hydrogen-bond donors (Lipinski definition) is 1. The van der Waals surface area contributed by atoms with E-state index < -0.39 is 0 Å². The number of likely N-dealkylation sites (tertiary alicyclic amines) is 1. The van der Waals surface area contributed by atoms with Gasteiger partial charge in [-0.05, 0) is 54.0 Å². The van der Waals surface area contributed by atoms with Crippen molar-refractivity contribution in [1.29, 1.82) is 0 Å². The molecule has 4 nitrogen and oxygen atoms in total. The Kier molecular flexibility index (Phi) is 4.82. The van der Waals surface area contributed by atoms with Crippen molar-refractivity contribution in [3.05, 3.63) is 28.2 Å². The monoisotopic (exact) mass is 326 g/mol. The second-order valence-electron chi connectivity index (χ2n) is 4.70. The fourth-order valence-electron chi connectivity index (χ4n) is 2.52. The maximum absolute atomic E-state index is 12.5. The van der Waals surface area contributed by atoms with Crippen LogP contribution >= 0.6 is 15.9 Å². The molecule has 1 aliphatic rings. The first-order valence-electron chi connectivity index (χ1n) is 6.46. The van der Waals surface area contributed by atoms with Gasteiger partial charge in [0.25, 0.3) is 5.91 Å². The number of nitrogens with one attached hydrogen (secondary N) is 1. The third-order valence-electron chi connectivity index (χ3n) is 3.48. The van der Waals surface area contributed by atoms with Gasteiger partial charge in [0.05, 0.1) is 11.6 Å². The van der Waals surface area contributed by atoms with Crippen LogP contribution in [0.1, 0.15) is 23.2 Å². The maximum atomic E-state index is 12.5. The van der Waals surface area contributed by atoms with Gasteiger partial charge >= 0.3 is 0 Å². The average Bonchev–Trinajstić information content (AvgIpc) is 2.86. The van der Waals surface area contributed by atoms with Gasteiger partial charge in [-0.15, -0.1) is 0 Å². The number of carbonyl (C=O) groups excluding carboxylic acids is 1. The zero-order valence-electron chi connectivity index (χ0n) is 11.3. The Balaban J connectivity index is 2.17. The van der Waals surface area contributed by atoms with Crippen LogP contribution in [0, 0.1) is 0 Å². The van der Waals surface area contributed by atoms with Crippen molar-refractivity contribution in [2.45, 2.75) is 18.9 Å². The Morgan fingerprint density at radius 1 is 1.58 bits per heavy atom. The van der Waals surface area contributed by atoms with Crippen LogP contribution in [0.25, 0.3) is 0 Å². The minimum Gasteiger partial charge on any atom is -0.496 e. The standard InChI is InChI=1S/C14H19BrN2O2/c1-16-9-11-4-3-7-17(11)14(18)10-5-6-13(19-2)12(15)8-10/h5-6,8,11,16H,3-4,7,9H2,1-2H3. The number of carbonyl (C=O) groups is 1. The van der Waals surface area contributed by atoms with Crippen LogP contribution in [0.4, 0.5) is 0 Å². The van der Waals surface area contributed by atoms with Gasteiger partial charge in [-0.1, -0.05) is 0 Å². The molecule has 0 bridgehead atoms. The third kappa shape index (κ3) is 3.09. The van der Waals surface area contributed by atoms with Crippen molar-refractivity contribution in [2.24, 2.45) is 0 Å². The van der Waals surface area contributed by atoms with Crippen molar-refractivity contribution < 1.29 is 9.53 Å².